The highest BCUT2D eigenvalue weighted by Gasteiger charge is 2.41. The number of nitrogens with zero attached hydrogens (tertiary/aromatic N) is 1. The molecule has 2 unspecified atom stereocenters. The van der Waals surface area contributed by atoms with E-state index in [2.05, 4.69) is 15.4 Å². The molecule has 2 atom stereocenters. The molecule has 38 heavy (non-hydrogen) atoms. The number of rotatable bonds is 5. The van der Waals surface area contributed by atoms with Crippen LogP contribution in [0, 0.1) is 5.92 Å². The number of halogens is 3. The fourth-order valence-corrected chi connectivity index (χ4v) is 7.17. The molecule has 1 saturated carbocycles. The number of amides is 1. The van der Waals surface area contributed by atoms with Crippen molar-refractivity contribution in [3.63, 3.8) is 0 Å². The van der Waals surface area contributed by atoms with Crippen LogP contribution in [0.2, 0.25) is 0 Å². The summed E-state index contributed by atoms with van der Waals surface area (Å²) in [5.74, 6) is -0.0162. The summed E-state index contributed by atoms with van der Waals surface area (Å²) >= 11 is 0. The van der Waals surface area contributed by atoms with E-state index in [1.807, 2.05) is 35.2 Å². The molecular weight excluding hydrogens is 517 g/mol. The predicted octanol–water partition coefficient (Wildman–Crippen LogP) is 3.99. The number of sulfonamides is 1. The summed E-state index contributed by atoms with van der Waals surface area (Å²) in [5.41, 5.74) is 1.98. The molecular formula is C27H33F3N4O3S. The number of hydrogen-bond acceptors (Lipinski definition) is 5. The van der Waals surface area contributed by atoms with Crippen molar-refractivity contribution in [1.29, 1.82) is 0 Å². The molecule has 0 aromatic heterocycles. The van der Waals surface area contributed by atoms with Gasteiger partial charge in [0, 0.05) is 37.3 Å². The fraction of sp³-hybridized carbons (Fsp3) is 0.519. The quantitative estimate of drug-likeness (QED) is 0.524. The molecule has 2 heterocycles. The smallest absolute Gasteiger partial charge is 0.374 e. The van der Waals surface area contributed by atoms with Gasteiger partial charge < -0.3 is 15.5 Å². The van der Waals surface area contributed by atoms with Crippen LogP contribution in [-0.4, -0.2) is 57.1 Å². The number of anilines is 1. The summed E-state index contributed by atoms with van der Waals surface area (Å²) in [4.78, 5) is 15.5. The second kappa shape index (κ2) is 10.9. The first-order valence-electron chi connectivity index (χ1n) is 13.2. The Morgan fingerprint density at radius 3 is 2.45 bits per heavy atom. The van der Waals surface area contributed by atoms with Crippen LogP contribution in [0.4, 0.5) is 18.9 Å². The lowest BCUT2D eigenvalue weighted by molar-refractivity contribution is -0.144. The number of alkyl halides is 3. The van der Waals surface area contributed by atoms with E-state index in [0.29, 0.717) is 50.0 Å². The van der Waals surface area contributed by atoms with Gasteiger partial charge in [0.15, 0.2) is 0 Å². The molecule has 2 aliphatic heterocycles. The Balaban J connectivity index is 1.19. The van der Waals surface area contributed by atoms with E-state index in [1.165, 1.54) is 18.2 Å². The minimum absolute atomic E-state index is 0.0152. The zero-order chi connectivity index (χ0) is 26.9. The third kappa shape index (κ3) is 5.84. The first-order chi connectivity index (χ1) is 18.1. The lowest BCUT2D eigenvalue weighted by atomic mass is 9.85. The standard InChI is InChI=1S/C27H33F3N4O3S/c28-27(29,30)25-13-8-20-16-22(11-12-23(20)32-25)38(36,37)33-21-9-6-19(7-10-21)26(35)34-15-14-31-17-24(34)18-4-2-1-3-5-18/h1-5,11-12,16,19,21,24-25,31-33H,6-10,13-15,17H2. The van der Waals surface area contributed by atoms with Crippen molar-refractivity contribution in [3.8, 4) is 0 Å². The summed E-state index contributed by atoms with van der Waals surface area (Å²) < 4.78 is 68.1. The molecule has 0 spiro atoms. The Morgan fingerprint density at radius 1 is 1.00 bits per heavy atom. The fourth-order valence-electron chi connectivity index (χ4n) is 5.81. The van der Waals surface area contributed by atoms with Crippen molar-refractivity contribution in [1.82, 2.24) is 14.9 Å². The van der Waals surface area contributed by atoms with E-state index in [0.717, 1.165) is 12.1 Å². The second-order valence-electron chi connectivity index (χ2n) is 10.4. The molecule has 0 radical (unpaired) electrons. The number of piperazine rings is 1. The summed E-state index contributed by atoms with van der Waals surface area (Å²) in [6, 6.07) is 12.3. The predicted molar refractivity (Wildman–Crippen MR) is 138 cm³/mol. The van der Waals surface area contributed by atoms with Gasteiger partial charge in [-0.1, -0.05) is 30.3 Å². The van der Waals surface area contributed by atoms with Gasteiger partial charge >= 0.3 is 6.18 Å². The van der Waals surface area contributed by atoms with Crippen molar-refractivity contribution >= 4 is 21.6 Å². The number of carbonyl (C=O) groups excluding carboxylic acids is 1. The maximum Gasteiger partial charge on any atom is 0.408 e. The summed E-state index contributed by atoms with van der Waals surface area (Å²) in [6.07, 6.45) is -2.02. The molecule has 2 aromatic carbocycles. The van der Waals surface area contributed by atoms with Gasteiger partial charge in [-0.2, -0.15) is 13.2 Å². The van der Waals surface area contributed by atoms with Crippen molar-refractivity contribution in [2.75, 3.05) is 25.0 Å². The second-order valence-corrected chi connectivity index (χ2v) is 12.1. The van der Waals surface area contributed by atoms with Crippen molar-refractivity contribution < 1.29 is 26.4 Å². The van der Waals surface area contributed by atoms with Crippen LogP contribution in [0.3, 0.4) is 0 Å². The average molecular weight is 551 g/mol. The van der Waals surface area contributed by atoms with Crippen LogP contribution in [0.1, 0.15) is 49.3 Å². The third-order valence-electron chi connectivity index (χ3n) is 7.92. The number of aryl methyl sites for hydroxylation is 1. The molecule has 5 rings (SSSR count). The Labute approximate surface area is 221 Å². The third-order valence-corrected chi connectivity index (χ3v) is 9.44. The number of hydrogen-bond donors (Lipinski definition) is 3. The van der Waals surface area contributed by atoms with E-state index in [1.54, 1.807) is 0 Å². The molecule has 2 fully saturated rings. The average Bonchev–Trinajstić information content (AvgIpc) is 2.92. The molecule has 206 valence electrons. The lowest BCUT2D eigenvalue weighted by Gasteiger charge is -2.40. The van der Waals surface area contributed by atoms with Crippen molar-refractivity contribution in [2.45, 2.75) is 67.7 Å². The maximum absolute atomic E-state index is 13.5. The zero-order valence-electron chi connectivity index (χ0n) is 21.0. The van der Waals surface area contributed by atoms with E-state index in [9.17, 15) is 26.4 Å². The van der Waals surface area contributed by atoms with E-state index in [4.69, 9.17) is 0 Å². The zero-order valence-corrected chi connectivity index (χ0v) is 21.8. The molecule has 3 N–H and O–H groups in total. The molecule has 2 aromatic rings. The summed E-state index contributed by atoms with van der Waals surface area (Å²) in [6.45, 7) is 2.09. The first-order valence-corrected chi connectivity index (χ1v) is 14.6. The molecule has 7 nitrogen and oxygen atoms in total. The first kappa shape index (κ1) is 27.0. The number of nitrogens with one attached hydrogen (secondary N) is 3. The van der Waals surface area contributed by atoms with Crippen LogP contribution in [0.15, 0.2) is 53.4 Å². The highest BCUT2D eigenvalue weighted by molar-refractivity contribution is 7.89. The van der Waals surface area contributed by atoms with Gasteiger partial charge in [-0.3, -0.25) is 4.79 Å². The van der Waals surface area contributed by atoms with E-state index >= 15 is 0 Å². The van der Waals surface area contributed by atoms with Gasteiger partial charge in [-0.05, 0) is 67.9 Å². The summed E-state index contributed by atoms with van der Waals surface area (Å²) in [5, 5.41) is 5.85. The van der Waals surface area contributed by atoms with Crippen molar-refractivity contribution in [2.24, 2.45) is 5.92 Å². The van der Waals surface area contributed by atoms with Gasteiger partial charge in [0.05, 0.1) is 10.9 Å². The minimum atomic E-state index is -4.35. The molecule has 1 saturated heterocycles. The number of carbonyl (C=O) groups is 1. The number of benzene rings is 2. The van der Waals surface area contributed by atoms with Crippen LogP contribution < -0.4 is 15.4 Å². The molecule has 1 aliphatic carbocycles. The Kier molecular flexibility index (Phi) is 7.70. The SMILES string of the molecule is O=C(C1CCC(NS(=O)(=O)c2ccc3c(c2)CCC(C(F)(F)F)N3)CC1)N1CCNCC1c1ccccc1. The maximum atomic E-state index is 13.5. The number of fused-ring (bicyclic) bond motifs is 1. The van der Waals surface area contributed by atoms with E-state index in [-0.39, 0.29) is 41.6 Å². The normalized spacial score (nSPS) is 26.3. The Morgan fingerprint density at radius 2 is 1.74 bits per heavy atom. The highest BCUT2D eigenvalue weighted by atomic mass is 32.2. The van der Waals surface area contributed by atoms with Crippen LogP contribution in [0.5, 0.6) is 0 Å². The van der Waals surface area contributed by atoms with Crippen LogP contribution in [-0.2, 0) is 21.2 Å². The Hall–Kier alpha value is -2.63. The van der Waals surface area contributed by atoms with Gasteiger partial charge in [-0.25, -0.2) is 13.1 Å². The van der Waals surface area contributed by atoms with Gasteiger partial charge in [-0.15, -0.1) is 0 Å². The lowest BCUT2D eigenvalue weighted by Crippen LogP contribution is -2.51. The largest absolute Gasteiger partial charge is 0.408 e. The summed E-state index contributed by atoms with van der Waals surface area (Å²) in [7, 11) is -3.84. The molecule has 3 aliphatic rings. The molecule has 1 amide bonds. The minimum Gasteiger partial charge on any atom is -0.374 e. The monoisotopic (exact) mass is 550 g/mol. The molecule has 11 heteroatoms. The van der Waals surface area contributed by atoms with E-state index < -0.39 is 22.2 Å². The topological polar surface area (TPSA) is 90.5 Å². The highest BCUT2D eigenvalue weighted by Crippen LogP contribution is 2.35. The Bertz CT molecular complexity index is 1250. The van der Waals surface area contributed by atoms with Crippen LogP contribution >= 0.6 is 0 Å². The molecule has 0 bridgehead atoms. The van der Waals surface area contributed by atoms with Crippen molar-refractivity contribution in [3.05, 3.63) is 59.7 Å². The van der Waals surface area contributed by atoms with Gasteiger partial charge in [0.25, 0.3) is 0 Å². The van der Waals surface area contributed by atoms with Crippen LogP contribution in [0.25, 0.3) is 0 Å². The van der Waals surface area contributed by atoms with Gasteiger partial charge in [0.1, 0.15) is 6.04 Å². The van der Waals surface area contributed by atoms with Gasteiger partial charge in [0.2, 0.25) is 15.9 Å².